The van der Waals surface area contributed by atoms with Gasteiger partial charge in [-0.05, 0) is 60.0 Å². The fraction of sp³-hybridized carbons (Fsp3) is 0.231. The quantitative estimate of drug-likeness (QED) is 0.256. The molecule has 0 unspecified atom stereocenters. The Morgan fingerprint density at radius 3 is 2.41 bits per heavy atom. The summed E-state index contributed by atoms with van der Waals surface area (Å²) in [6.07, 6.45) is 3.61. The van der Waals surface area contributed by atoms with Gasteiger partial charge in [0, 0.05) is 15.6 Å². The third-order valence-electron chi connectivity index (χ3n) is 4.86. The second kappa shape index (κ2) is 12.9. The highest BCUT2D eigenvalue weighted by molar-refractivity contribution is 6.35. The highest BCUT2D eigenvalue weighted by atomic mass is 35.5. The summed E-state index contributed by atoms with van der Waals surface area (Å²) in [5.74, 6) is 1.31. The molecule has 1 amide bonds. The number of benzene rings is 3. The zero-order chi connectivity index (χ0) is 24.3. The van der Waals surface area contributed by atoms with Gasteiger partial charge < -0.3 is 14.2 Å². The van der Waals surface area contributed by atoms with Gasteiger partial charge in [-0.15, -0.1) is 0 Å². The highest BCUT2D eigenvalue weighted by Crippen LogP contribution is 2.31. The molecule has 0 saturated heterocycles. The Kier molecular flexibility index (Phi) is 9.62. The number of ether oxygens (including phenoxy) is 3. The smallest absolute Gasteiger partial charge is 0.277 e. The van der Waals surface area contributed by atoms with E-state index in [1.165, 1.54) is 11.8 Å². The molecule has 0 heterocycles. The van der Waals surface area contributed by atoms with Gasteiger partial charge >= 0.3 is 0 Å². The largest absolute Gasteiger partial charge is 0.493 e. The van der Waals surface area contributed by atoms with Crippen LogP contribution in [-0.4, -0.2) is 25.8 Å². The number of nitrogens with one attached hydrogen (secondary N) is 1. The zero-order valence-corrected chi connectivity index (χ0v) is 20.5. The minimum atomic E-state index is -0.363. The highest BCUT2D eigenvalue weighted by Gasteiger charge is 2.10. The third kappa shape index (κ3) is 7.40. The van der Waals surface area contributed by atoms with Gasteiger partial charge in [-0.3, -0.25) is 4.79 Å². The molecule has 34 heavy (non-hydrogen) atoms. The number of nitrogens with zero attached hydrogens (tertiary/aromatic N) is 1. The van der Waals surface area contributed by atoms with Gasteiger partial charge in [0.2, 0.25) is 0 Å². The molecule has 178 valence electrons. The SMILES string of the molecule is CCCc1ccc(OCC(=O)N/N=C/c2ccc(OCc3c(Cl)cccc3Cl)c(OC)c2)cc1. The number of hydrogen-bond acceptors (Lipinski definition) is 5. The van der Waals surface area contributed by atoms with Crippen molar-refractivity contribution in [1.82, 2.24) is 5.43 Å². The van der Waals surface area contributed by atoms with Crippen LogP contribution in [0.5, 0.6) is 17.2 Å². The lowest BCUT2D eigenvalue weighted by Gasteiger charge is -2.13. The molecule has 1 N–H and O–H groups in total. The first kappa shape index (κ1) is 25.4. The molecule has 0 aliphatic rings. The van der Waals surface area contributed by atoms with Crippen LogP contribution in [0.25, 0.3) is 0 Å². The van der Waals surface area contributed by atoms with Crippen molar-refractivity contribution in [2.45, 2.75) is 26.4 Å². The Morgan fingerprint density at radius 1 is 1.00 bits per heavy atom. The average molecular weight is 501 g/mol. The maximum Gasteiger partial charge on any atom is 0.277 e. The summed E-state index contributed by atoms with van der Waals surface area (Å²) in [5, 5.41) is 5.04. The summed E-state index contributed by atoms with van der Waals surface area (Å²) < 4.78 is 16.8. The zero-order valence-electron chi connectivity index (χ0n) is 19.0. The molecule has 0 spiro atoms. The van der Waals surface area contributed by atoms with E-state index in [0.717, 1.165) is 12.8 Å². The molecule has 0 aliphatic heterocycles. The van der Waals surface area contributed by atoms with Crippen LogP contribution < -0.4 is 19.6 Å². The number of hydrogen-bond donors (Lipinski definition) is 1. The van der Waals surface area contributed by atoms with E-state index in [1.807, 2.05) is 24.3 Å². The molecule has 8 heteroatoms. The number of amides is 1. The molecule has 6 nitrogen and oxygen atoms in total. The summed E-state index contributed by atoms with van der Waals surface area (Å²) in [5.41, 5.74) is 5.10. The van der Waals surface area contributed by atoms with E-state index in [0.29, 0.717) is 38.4 Å². The minimum Gasteiger partial charge on any atom is -0.493 e. The lowest BCUT2D eigenvalue weighted by atomic mass is 10.1. The molecule has 3 rings (SSSR count). The lowest BCUT2D eigenvalue weighted by Crippen LogP contribution is -2.24. The number of carbonyl (C=O) groups excluding carboxylic acids is 1. The molecule has 0 saturated carbocycles. The van der Waals surface area contributed by atoms with E-state index in [2.05, 4.69) is 17.5 Å². The van der Waals surface area contributed by atoms with Gasteiger partial charge in [-0.25, -0.2) is 5.43 Å². The Balaban J connectivity index is 1.51. The van der Waals surface area contributed by atoms with Gasteiger partial charge in [0.15, 0.2) is 18.1 Å². The first-order valence-corrected chi connectivity index (χ1v) is 11.5. The Morgan fingerprint density at radius 2 is 1.74 bits per heavy atom. The summed E-state index contributed by atoms with van der Waals surface area (Å²) in [7, 11) is 1.54. The maximum atomic E-state index is 12.0. The molecule has 0 bridgehead atoms. The second-order valence-electron chi connectivity index (χ2n) is 7.37. The van der Waals surface area contributed by atoms with Crippen molar-refractivity contribution < 1.29 is 19.0 Å². The Labute approximate surface area is 209 Å². The van der Waals surface area contributed by atoms with Crippen LogP contribution >= 0.6 is 23.2 Å². The first-order valence-electron chi connectivity index (χ1n) is 10.8. The summed E-state index contributed by atoms with van der Waals surface area (Å²) in [4.78, 5) is 12.0. The van der Waals surface area contributed by atoms with Crippen LogP contribution in [0.1, 0.15) is 30.0 Å². The van der Waals surface area contributed by atoms with E-state index in [-0.39, 0.29) is 19.1 Å². The predicted molar refractivity (Wildman–Crippen MR) is 135 cm³/mol. The molecular weight excluding hydrogens is 475 g/mol. The van der Waals surface area contributed by atoms with Gasteiger partial charge in [0.1, 0.15) is 12.4 Å². The summed E-state index contributed by atoms with van der Waals surface area (Å²) in [6.45, 7) is 2.19. The molecule has 0 aliphatic carbocycles. The van der Waals surface area contributed by atoms with Gasteiger partial charge in [-0.2, -0.15) is 5.10 Å². The summed E-state index contributed by atoms with van der Waals surface area (Å²) in [6, 6.07) is 18.3. The van der Waals surface area contributed by atoms with Gasteiger partial charge in [0.05, 0.1) is 13.3 Å². The van der Waals surface area contributed by atoms with Crippen molar-refractivity contribution in [3.63, 3.8) is 0 Å². The van der Waals surface area contributed by atoms with Crippen LogP contribution in [0.2, 0.25) is 10.0 Å². The second-order valence-corrected chi connectivity index (χ2v) is 8.19. The summed E-state index contributed by atoms with van der Waals surface area (Å²) >= 11 is 12.4. The topological polar surface area (TPSA) is 69.2 Å². The normalized spacial score (nSPS) is 10.8. The van der Waals surface area contributed by atoms with E-state index < -0.39 is 0 Å². The molecular formula is C26H26Cl2N2O4. The number of methoxy groups -OCH3 is 1. The number of rotatable bonds is 11. The maximum absolute atomic E-state index is 12.0. The van der Waals surface area contributed by atoms with Crippen molar-refractivity contribution in [3.8, 4) is 17.2 Å². The van der Waals surface area contributed by atoms with E-state index in [9.17, 15) is 4.79 Å². The predicted octanol–water partition coefficient (Wildman–Crippen LogP) is 6.06. The van der Waals surface area contributed by atoms with Crippen molar-refractivity contribution in [2.75, 3.05) is 13.7 Å². The van der Waals surface area contributed by atoms with Gasteiger partial charge in [-0.1, -0.05) is 54.7 Å². The van der Waals surface area contributed by atoms with Crippen LogP contribution in [0.3, 0.4) is 0 Å². The fourth-order valence-corrected chi connectivity index (χ4v) is 3.61. The van der Waals surface area contributed by atoms with Gasteiger partial charge in [0.25, 0.3) is 5.91 Å². The van der Waals surface area contributed by atoms with E-state index in [1.54, 1.807) is 43.5 Å². The van der Waals surface area contributed by atoms with Crippen LogP contribution in [0.15, 0.2) is 65.8 Å². The van der Waals surface area contributed by atoms with E-state index in [4.69, 9.17) is 37.4 Å². The van der Waals surface area contributed by atoms with Crippen LogP contribution in [0, 0.1) is 0 Å². The van der Waals surface area contributed by atoms with E-state index >= 15 is 0 Å². The molecule has 3 aromatic carbocycles. The van der Waals surface area contributed by atoms with Crippen molar-refractivity contribution in [1.29, 1.82) is 0 Å². The minimum absolute atomic E-state index is 0.134. The number of carbonyl (C=O) groups is 1. The fourth-order valence-electron chi connectivity index (χ4n) is 3.10. The Bertz CT molecular complexity index is 1110. The first-order chi connectivity index (χ1) is 16.5. The lowest BCUT2D eigenvalue weighted by molar-refractivity contribution is -0.123. The molecule has 0 aromatic heterocycles. The number of hydrazone groups is 1. The molecule has 0 fully saturated rings. The molecule has 3 aromatic rings. The number of aryl methyl sites for hydroxylation is 1. The molecule has 0 atom stereocenters. The monoisotopic (exact) mass is 500 g/mol. The molecule has 0 radical (unpaired) electrons. The Hall–Kier alpha value is -3.22. The average Bonchev–Trinajstić information content (AvgIpc) is 2.84. The standard InChI is InChI=1S/C26H26Cl2N2O4/c1-3-5-18-8-11-20(12-9-18)33-17-26(31)30-29-15-19-10-13-24(25(14-19)32-2)34-16-21-22(27)6-4-7-23(21)28/h4,6-15H,3,5,16-17H2,1-2H3,(H,30,31)/b29-15+. The van der Waals surface area contributed by atoms with Crippen LogP contribution in [0.4, 0.5) is 0 Å². The number of halogens is 2. The van der Waals surface area contributed by atoms with Crippen LogP contribution in [-0.2, 0) is 17.8 Å². The van der Waals surface area contributed by atoms with Crippen molar-refractivity contribution >= 4 is 35.3 Å². The third-order valence-corrected chi connectivity index (χ3v) is 5.56. The van der Waals surface area contributed by atoms with Crippen molar-refractivity contribution in [3.05, 3.63) is 87.4 Å². The van der Waals surface area contributed by atoms with Crippen molar-refractivity contribution in [2.24, 2.45) is 5.10 Å².